The van der Waals surface area contributed by atoms with Crippen LogP contribution in [0.5, 0.6) is 0 Å². The van der Waals surface area contributed by atoms with Gasteiger partial charge in [0.1, 0.15) is 0 Å². The molecule has 0 bridgehead atoms. The van der Waals surface area contributed by atoms with Crippen molar-refractivity contribution in [3.8, 4) is 11.5 Å². The first-order chi connectivity index (χ1) is 9.74. The molecule has 0 unspecified atom stereocenters. The highest BCUT2D eigenvalue weighted by Gasteiger charge is 2.12. The van der Waals surface area contributed by atoms with E-state index in [-0.39, 0.29) is 0 Å². The number of nitrogen functional groups attached to an aromatic ring is 1. The van der Waals surface area contributed by atoms with Crippen LogP contribution in [0.1, 0.15) is 17.0 Å². The van der Waals surface area contributed by atoms with E-state index in [0.717, 1.165) is 5.56 Å². The first kappa shape index (κ1) is 12.4. The molecule has 0 fully saturated rings. The zero-order valence-corrected chi connectivity index (χ0v) is 11.2. The van der Waals surface area contributed by atoms with Crippen molar-refractivity contribution < 1.29 is 4.52 Å². The number of benzene rings is 2. The Morgan fingerprint density at radius 3 is 2.60 bits per heavy atom. The first-order valence-corrected chi connectivity index (χ1v) is 6.46. The Morgan fingerprint density at radius 1 is 1.05 bits per heavy atom. The molecule has 0 amide bonds. The number of aryl methyl sites for hydroxylation is 1. The van der Waals surface area contributed by atoms with E-state index in [0.29, 0.717) is 23.8 Å². The van der Waals surface area contributed by atoms with Crippen LogP contribution >= 0.6 is 0 Å². The van der Waals surface area contributed by atoms with Crippen molar-refractivity contribution in [1.29, 1.82) is 0 Å². The minimum Gasteiger partial charge on any atom is -0.398 e. The summed E-state index contributed by atoms with van der Waals surface area (Å²) >= 11 is 0. The number of para-hydroxylation sites is 1. The lowest BCUT2D eigenvalue weighted by molar-refractivity contribution is 0.424. The Hall–Kier alpha value is -2.62. The molecular weight excluding hydrogens is 250 g/mol. The van der Waals surface area contributed by atoms with E-state index in [4.69, 9.17) is 10.3 Å². The second-order valence-corrected chi connectivity index (χ2v) is 4.71. The second kappa shape index (κ2) is 5.17. The Kier molecular flexibility index (Phi) is 3.21. The average Bonchev–Trinajstić information content (AvgIpc) is 2.90. The second-order valence-electron chi connectivity index (χ2n) is 4.71. The predicted molar refractivity (Wildman–Crippen MR) is 78.1 cm³/mol. The van der Waals surface area contributed by atoms with Gasteiger partial charge in [0, 0.05) is 12.1 Å². The molecule has 0 aliphatic carbocycles. The molecule has 0 radical (unpaired) electrons. The van der Waals surface area contributed by atoms with Gasteiger partial charge in [-0.1, -0.05) is 41.6 Å². The minimum absolute atomic E-state index is 0.465. The molecule has 1 heterocycles. The van der Waals surface area contributed by atoms with Gasteiger partial charge in [-0.2, -0.15) is 4.98 Å². The molecule has 20 heavy (non-hydrogen) atoms. The molecule has 2 aromatic carbocycles. The fourth-order valence-electron chi connectivity index (χ4n) is 2.11. The Bertz CT molecular complexity index is 734. The highest BCUT2D eigenvalue weighted by molar-refractivity contribution is 5.69. The van der Waals surface area contributed by atoms with Crippen LogP contribution < -0.4 is 5.73 Å². The van der Waals surface area contributed by atoms with Crippen molar-refractivity contribution in [3.05, 3.63) is 65.5 Å². The molecule has 3 aromatic rings. The molecule has 4 heteroatoms. The van der Waals surface area contributed by atoms with Gasteiger partial charge in [0.15, 0.2) is 5.82 Å². The zero-order valence-electron chi connectivity index (χ0n) is 11.2. The Morgan fingerprint density at radius 2 is 1.80 bits per heavy atom. The monoisotopic (exact) mass is 265 g/mol. The van der Waals surface area contributed by atoms with Gasteiger partial charge in [-0.3, -0.25) is 0 Å². The lowest BCUT2D eigenvalue weighted by atomic mass is 10.1. The number of anilines is 1. The van der Waals surface area contributed by atoms with Crippen LogP contribution in [0.25, 0.3) is 11.5 Å². The molecule has 1 aromatic heterocycles. The van der Waals surface area contributed by atoms with Gasteiger partial charge in [0.2, 0.25) is 0 Å². The van der Waals surface area contributed by atoms with E-state index in [9.17, 15) is 0 Å². The van der Waals surface area contributed by atoms with Crippen molar-refractivity contribution in [2.75, 3.05) is 5.73 Å². The number of nitrogens with zero attached hydrogens (tertiary/aromatic N) is 2. The fourth-order valence-corrected chi connectivity index (χ4v) is 2.11. The highest BCUT2D eigenvalue weighted by Crippen LogP contribution is 2.24. The summed E-state index contributed by atoms with van der Waals surface area (Å²) in [5.74, 6) is 1.13. The van der Waals surface area contributed by atoms with Crippen molar-refractivity contribution in [1.82, 2.24) is 10.1 Å². The summed E-state index contributed by atoms with van der Waals surface area (Å²) < 4.78 is 5.30. The lowest BCUT2D eigenvalue weighted by Crippen LogP contribution is -1.94. The highest BCUT2D eigenvalue weighted by atomic mass is 16.5. The van der Waals surface area contributed by atoms with Gasteiger partial charge in [-0.25, -0.2) is 0 Å². The van der Waals surface area contributed by atoms with Crippen molar-refractivity contribution in [3.63, 3.8) is 0 Å². The third kappa shape index (κ3) is 2.40. The fraction of sp³-hybridized carbons (Fsp3) is 0.125. The van der Waals surface area contributed by atoms with Crippen molar-refractivity contribution in [2.45, 2.75) is 13.3 Å². The summed E-state index contributed by atoms with van der Waals surface area (Å²) in [6, 6.07) is 15.7. The maximum absolute atomic E-state index is 5.91. The maximum atomic E-state index is 5.91. The Labute approximate surface area is 117 Å². The molecule has 0 spiro atoms. The maximum Gasteiger partial charge on any atom is 0.260 e. The standard InChI is InChI=1S/C16H15N3O/c1-11-6-2-3-7-12(11)10-15-18-16(20-19-15)13-8-4-5-9-14(13)17/h2-9H,10,17H2,1H3. The van der Waals surface area contributed by atoms with Crippen LogP contribution in [0.2, 0.25) is 0 Å². The van der Waals surface area contributed by atoms with Crippen LogP contribution in [0.15, 0.2) is 53.1 Å². The molecular formula is C16H15N3O. The van der Waals surface area contributed by atoms with Crippen LogP contribution in [-0.2, 0) is 6.42 Å². The van der Waals surface area contributed by atoms with Crippen molar-refractivity contribution >= 4 is 5.69 Å². The van der Waals surface area contributed by atoms with Gasteiger partial charge < -0.3 is 10.3 Å². The average molecular weight is 265 g/mol. The van der Waals surface area contributed by atoms with E-state index in [1.54, 1.807) is 0 Å². The molecule has 0 atom stereocenters. The quantitative estimate of drug-likeness (QED) is 0.738. The van der Waals surface area contributed by atoms with E-state index in [2.05, 4.69) is 29.2 Å². The predicted octanol–water partition coefficient (Wildman–Crippen LogP) is 3.22. The van der Waals surface area contributed by atoms with E-state index in [1.807, 2.05) is 36.4 Å². The summed E-state index contributed by atoms with van der Waals surface area (Å²) in [6.07, 6.45) is 0.656. The number of rotatable bonds is 3. The summed E-state index contributed by atoms with van der Waals surface area (Å²) in [7, 11) is 0. The number of nitrogens with two attached hydrogens (primary N) is 1. The number of aromatic nitrogens is 2. The summed E-state index contributed by atoms with van der Waals surface area (Å²) in [5, 5.41) is 4.03. The van der Waals surface area contributed by atoms with Crippen LogP contribution in [0.4, 0.5) is 5.69 Å². The largest absolute Gasteiger partial charge is 0.398 e. The number of hydrogen-bond acceptors (Lipinski definition) is 4. The summed E-state index contributed by atoms with van der Waals surface area (Å²) in [5.41, 5.74) is 9.74. The molecule has 2 N–H and O–H groups in total. The molecule has 0 saturated heterocycles. The number of hydrogen-bond donors (Lipinski definition) is 1. The SMILES string of the molecule is Cc1ccccc1Cc1noc(-c2ccccc2N)n1. The van der Waals surface area contributed by atoms with Gasteiger partial charge in [-0.05, 0) is 30.2 Å². The lowest BCUT2D eigenvalue weighted by Gasteiger charge is -2.01. The van der Waals surface area contributed by atoms with E-state index < -0.39 is 0 Å². The minimum atomic E-state index is 0.465. The zero-order chi connectivity index (χ0) is 13.9. The first-order valence-electron chi connectivity index (χ1n) is 6.46. The van der Waals surface area contributed by atoms with E-state index >= 15 is 0 Å². The van der Waals surface area contributed by atoms with Gasteiger partial charge in [0.05, 0.1) is 5.56 Å². The van der Waals surface area contributed by atoms with E-state index in [1.165, 1.54) is 11.1 Å². The molecule has 0 saturated carbocycles. The molecule has 100 valence electrons. The topological polar surface area (TPSA) is 64.9 Å². The Balaban J connectivity index is 1.88. The molecule has 0 aliphatic heterocycles. The van der Waals surface area contributed by atoms with Crippen LogP contribution in [0, 0.1) is 6.92 Å². The summed E-state index contributed by atoms with van der Waals surface area (Å²) in [6.45, 7) is 2.07. The normalized spacial score (nSPS) is 10.7. The van der Waals surface area contributed by atoms with Gasteiger partial charge in [-0.15, -0.1) is 0 Å². The van der Waals surface area contributed by atoms with Crippen LogP contribution in [0.3, 0.4) is 0 Å². The molecule has 4 nitrogen and oxygen atoms in total. The van der Waals surface area contributed by atoms with Crippen LogP contribution in [-0.4, -0.2) is 10.1 Å². The molecule has 3 rings (SSSR count). The summed E-state index contributed by atoms with van der Waals surface area (Å²) in [4.78, 5) is 4.42. The third-order valence-corrected chi connectivity index (χ3v) is 3.27. The van der Waals surface area contributed by atoms with Crippen molar-refractivity contribution in [2.24, 2.45) is 0 Å². The van der Waals surface area contributed by atoms with Gasteiger partial charge in [0.25, 0.3) is 5.89 Å². The third-order valence-electron chi connectivity index (χ3n) is 3.27. The molecule has 0 aliphatic rings. The smallest absolute Gasteiger partial charge is 0.260 e. The van der Waals surface area contributed by atoms with Gasteiger partial charge >= 0.3 is 0 Å².